The van der Waals surface area contributed by atoms with Crippen molar-refractivity contribution in [1.29, 1.82) is 0 Å². The van der Waals surface area contributed by atoms with Gasteiger partial charge >= 0.3 is 0 Å². The standard InChI is InChI=1S/C49H32N2.C3H8/c50-44-19-9-10-20-45(44)51-33-25-21-30(22-26-33)31-23-27-34-32(29-31)24-28-41-46-39-15-3-1-11-35(39)36-12-2-4-16-40(36)48(46)49(47(34)41)42-17-7-5-13-37(42)38-14-6-8-18-43(38)49;1-3-2/h1-29,51H,50H2;3H2,1-2H3. The number of benzene rings is 9. The van der Waals surface area contributed by atoms with Gasteiger partial charge in [0, 0.05) is 5.69 Å². The Bertz CT molecular complexity index is 2870. The number of nitrogens with two attached hydrogens (primary N) is 1. The maximum absolute atomic E-state index is 6.20. The van der Waals surface area contributed by atoms with Gasteiger partial charge in [-0.2, -0.15) is 0 Å². The van der Waals surface area contributed by atoms with Crippen molar-refractivity contribution in [3.63, 3.8) is 0 Å². The molecule has 0 radical (unpaired) electrons. The number of rotatable bonds is 3. The molecule has 258 valence electrons. The SMILES string of the molecule is CCC.Nc1ccccc1Nc1ccc(-c2ccc3c4c(ccc3c2)-c2c(c3ccccc3c3ccccc23)C42c3ccccc3-c3ccccc32)cc1. The molecule has 2 nitrogen and oxygen atoms in total. The van der Waals surface area contributed by atoms with E-state index in [0.717, 1.165) is 17.1 Å². The van der Waals surface area contributed by atoms with Gasteiger partial charge in [-0.25, -0.2) is 0 Å². The van der Waals surface area contributed by atoms with Crippen molar-refractivity contribution in [3.8, 4) is 33.4 Å². The van der Waals surface area contributed by atoms with Crippen LogP contribution in [-0.4, -0.2) is 0 Å². The third kappa shape index (κ3) is 4.53. The molecule has 0 amide bonds. The first-order valence-electron chi connectivity index (χ1n) is 19.1. The van der Waals surface area contributed by atoms with Crippen molar-refractivity contribution in [2.24, 2.45) is 0 Å². The van der Waals surface area contributed by atoms with Crippen LogP contribution in [0.3, 0.4) is 0 Å². The average Bonchev–Trinajstić information content (AvgIpc) is 3.70. The summed E-state index contributed by atoms with van der Waals surface area (Å²) in [5.74, 6) is 0. The average molecular weight is 693 g/mol. The van der Waals surface area contributed by atoms with Gasteiger partial charge in [-0.3, -0.25) is 0 Å². The molecule has 0 aromatic heterocycles. The molecule has 0 saturated heterocycles. The Labute approximate surface area is 316 Å². The maximum atomic E-state index is 6.20. The minimum Gasteiger partial charge on any atom is -0.397 e. The minimum atomic E-state index is -0.463. The summed E-state index contributed by atoms with van der Waals surface area (Å²) in [5, 5.41) is 11.2. The van der Waals surface area contributed by atoms with Gasteiger partial charge in [0.2, 0.25) is 0 Å². The fourth-order valence-corrected chi connectivity index (χ4v) is 9.34. The van der Waals surface area contributed by atoms with Crippen LogP contribution in [0.1, 0.15) is 42.5 Å². The van der Waals surface area contributed by atoms with E-state index >= 15 is 0 Å². The number of hydrogen-bond donors (Lipinski definition) is 2. The van der Waals surface area contributed by atoms with Gasteiger partial charge in [-0.15, -0.1) is 0 Å². The molecule has 9 aromatic carbocycles. The highest BCUT2D eigenvalue weighted by Crippen LogP contribution is 2.66. The van der Waals surface area contributed by atoms with Crippen LogP contribution >= 0.6 is 0 Å². The van der Waals surface area contributed by atoms with Gasteiger partial charge in [0.15, 0.2) is 0 Å². The molecule has 9 aromatic rings. The van der Waals surface area contributed by atoms with Crippen LogP contribution in [0.25, 0.3) is 65.7 Å². The molecule has 0 fully saturated rings. The summed E-state index contributed by atoms with van der Waals surface area (Å²) >= 11 is 0. The van der Waals surface area contributed by atoms with Crippen LogP contribution in [0, 0.1) is 0 Å². The van der Waals surface area contributed by atoms with Gasteiger partial charge in [0.05, 0.1) is 16.8 Å². The molecule has 0 aliphatic heterocycles. The van der Waals surface area contributed by atoms with Crippen LogP contribution < -0.4 is 11.1 Å². The molecule has 0 unspecified atom stereocenters. The fourth-order valence-electron chi connectivity index (χ4n) is 9.34. The summed E-state index contributed by atoms with van der Waals surface area (Å²) in [6.07, 6.45) is 1.25. The van der Waals surface area contributed by atoms with Crippen LogP contribution in [0.15, 0.2) is 176 Å². The molecule has 0 bridgehead atoms. The normalized spacial score (nSPS) is 12.9. The predicted molar refractivity (Wildman–Crippen MR) is 231 cm³/mol. The van der Waals surface area contributed by atoms with Gasteiger partial charge in [0.1, 0.15) is 0 Å². The van der Waals surface area contributed by atoms with Gasteiger partial charge in [0.25, 0.3) is 0 Å². The third-order valence-electron chi connectivity index (χ3n) is 11.4. The fraction of sp³-hybridized carbons (Fsp3) is 0.0769. The highest BCUT2D eigenvalue weighted by molar-refractivity contribution is 6.21. The molecule has 2 aliphatic rings. The summed E-state index contributed by atoms with van der Waals surface area (Å²) in [4.78, 5) is 0. The third-order valence-corrected chi connectivity index (χ3v) is 11.4. The maximum Gasteiger partial charge on any atom is 0.0737 e. The minimum absolute atomic E-state index is 0.463. The van der Waals surface area contributed by atoms with E-state index in [1.807, 2.05) is 24.3 Å². The van der Waals surface area contributed by atoms with Crippen molar-refractivity contribution < 1.29 is 0 Å². The monoisotopic (exact) mass is 692 g/mol. The van der Waals surface area contributed by atoms with E-state index < -0.39 is 5.41 Å². The molecule has 11 rings (SSSR count). The van der Waals surface area contributed by atoms with E-state index in [1.54, 1.807) is 0 Å². The Morgan fingerprint density at radius 3 is 1.70 bits per heavy atom. The van der Waals surface area contributed by atoms with E-state index in [9.17, 15) is 0 Å². The second-order valence-corrected chi connectivity index (χ2v) is 14.6. The highest BCUT2D eigenvalue weighted by Gasteiger charge is 2.53. The number of hydrogen-bond acceptors (Lipinski definition) is 2. The largest absolute Gasteiger partial charge is 0.397 e. The van der Waals surface area contributed by atoms with Crippen molar-refractivity contribution >= 4 is 49.4 Å². The second kappa shape index (κ2) is 12.5. The Kier molecular flexibility index (Phi) is 7.42. The Hall–Kier alpha value is -6.64. The Morgan fingerprint density at radius 2 is 1.02 bits per heavy atom. The van der Waals surface area contributed by atoms with Crippen LogP contribution in [-0.2, 0) is 5.41 Å². The molecule has 54 heavy (non-hydrogen) atoms. The number of anilines is 3. The molecular weight excluding hydrogens is 653 g/mol. The molecule has 3 N–H and O–H groups in total. The lowest BCUT2D eigenvalue weighted by molar-refractivity contribution is 0.809. The molecule has 2 aliphatic carbocycles. The first-order chi connectivity index (χ1) is 26.6. The second-order valence-electron chi connectivity index (χ2n) is 14.6. The topological polar surface area (TPSA) is 38.0 Å². The van der Waals surface area contributed by atoms with Gasteiger partial charge < -0.3 is 11.1 Å². The van der Waals surface area contributed by atoms with Gasteiger partial charge in [-0.05, 0) is 118 Å². The smallest absolute Gasteiger partial charge is 0.0737 e. The van der Waals surface area contributed by atoms with Crippen molar-refractivity contribution in [1.82, 2.24) is 0 Å². The van der Waals surface area contributed by atoms with E-state index in [-0.39, 0.29) is 0 Å². The van der Waals surface area contributed by atoms with Crippen LogP contribution in [0.5, 0.6) is 0 Å². The summed E-state index contributed by atoms with van der Waals surface area (Å²) in [6.45, 7) is 4.25. The number of nitrogens with one attached hydrogen (secondary N) is 1. The van der Waals surface area contributed by atoms with Crippen molar-refractivity contribution in [2.45, 2.75) is 25.7 Å². The van der Waals surface area contributed by atoms with Crippen LogP contribution in [0.2, 0.25) is 0 Å². The van der Waals surface area contributed by atoms with E-state index in [1.165, 1.54) is 94.4 Å². The zero-order valence-electron chi connectivity index (χ0n) is 30.5. The molecule has 0 atom stereocenters. The predicted octanol–water partition coefficient (Wildman–Crippen LogP) is 13.9. The van der Waals surface area contributed by atoms with Crippen molar-refractivity contribution in [3.05, 3.63) is 198 Å². The summed E-state index contributed by atoms with van der Waals surface area (Å²) < 4.78 is 0. The quantitative estimate of drug-likeness (QED) is 0.143. The van der Waals surface area contributed by atoms with E-state index in [0.29, 0.717) is 0 Å². The molecule has 0 heterocycles. The molecule has 2 heteroatoms. The zero-order chi connectivity index (χ0) is 36.4. The lowest BCUT2D eigenvalue weighted by Crippen LogP contribution is -2.26. The summed E-state index contributed by atoms with van der Waals surface area (Å²) in [5.41, 5.74) is 21.6. The number of fused-ring (bicyclic) bond motifs is 17. The number of para-hydroxylation sites is 2. The summed E-state index contributed by atoms with van der Waals surface area (Å²) in [6, 6.07) is 64.5. The Balaban J connectivity index is 0.00000117. The van der Waals surface area contributed by atoms with Crippen LogP contribution in [0.4, 0.5) is 17.1 Å². The van der Waals surface area contributed by atoms with E-state index in [4.69, 9.17) is 5.73 Å². The van der Waals surface area contributed by atoms with Crippen molar-refractivity contribution in [2.75, 3.05) is 11.1 Å². The van der Waals surface area contributed by atoms with Gasteiger partial charge in [-0.1, -0.05) is 166 Å². The lowest BCUT2D eigenvalue weighted by atomic mass is 9.68. The van der Waals surface area contributed by atoms with E-state index in [2.05, 4.69) is 171 Å². The molecular formula is C52H40N2. The highest BCUT2D eigenvalue weighted by atomic mass is 14.9. The zero-order valence-corrected chi connectivity index (χ0v) is 30.5. The molecule has 0 saturated carbocycles. The first kappa shape index (κ1) is 32.0. The number of nitrogen functional groups attached to an aromatic ring is 1. The Morgan fingerprint density at radius 1 is 0.463 bits per heavy atom. The lowest BCUT2D eigenvalue weighted by Gasteiger charge is -2.32. The molecule has 1 spiro atoms. The first-order valence-corrected chi connectivity index (χ1v) is 19.1. The summed E-state index contributed by atoms with van der Waals surface area (Å²) in [7, 11) is 0.